The largest absolute Gasteiger partial charge is 0.573 e. The van der Waals surface area contributed by atoms with E-state index in [1.165, 1.54) is 38.5 Å². The van der Waals surface area contributed by atoms with Crippen LogP contribution in [0.5, 0.6) is 5.75 Å². The van der Waals surface area contributed by atoms with Gasteiger partial charge in [0.2, 0.25) is 0 Å². The van der Waals surface area contributed by atoms with Crippen LogP contribution < -0.4 is 4.74 Å². The number of hydrogen-bond donors (Lipinski definition) is 0. The van der Waals surface area contributed by atoms with Crippen molar-refractivity contribution in [3.8, 4) is 28.0 Å². The molecule has 0 aliphatic heterocycles. The van der Waals surface area contributed by atoms with Crippen LogP contribution in [0.2, 0.25) is 0 Å². The molecular weight excluding hydrogens is 445 g/mol. The Balaban J connectivity index is 1.64. The summed E-state index contributed by atoms with van der Waals surface area (Å²) < 4.78 is 44.7. The van der Waals surface area contributed by atoms with Gasteiger partial charge in [0.1, 0.15) is 5.75 Å². The van der Waals surface area contributed by atoms with Crippen LogP contribution in [0.4, 0.5) is 13.2 Å². The fourth-order valence-electron chi connectivity index (χ4n) is 5.71. The molecule has 1 saturated carbocycles. The first-order chi connectivity index (χ1) is 16.9. The molecule has 3 aromatic carbocycles. The van der Waals surface area contributed by atoms with Gasteiger partial charge in [-0.1, -0.05) is 119 Å². The van der Waals surface area contributed by atoms with E-state index in [1.54, 1.807) is 12.1 Å². The number of alkyl halides is 3. The molecule has 0 aromatic heterocycles. The molecule has 0 radical (unpaired) electrons. The molecule has 1 aliphatic rings. The van der Waals surface area contributed by atoms with E-state index < -0.39 is 6.36 Å². The normalized spacial score (nSPS) is 19.3. The number of unbranched alkanes of at least 4 members (excludes halogenated alkanes) is 1. The van der Waals surface area contributed by atoms with Gasteiger partial charge in [0, 0.05) is 5.56 Å². The highest BCUT2D eigenvalue weighted by Gasteiger charge is 2.34. The first-order valence-corrected chi connectivity index (χ1v) is 12.9. The lowest BCUT2D eigenvalue weighted by Crippen LogP contribution is -2.24. The van der Waals surface area contributed by atoms with Gasteiger partial charge in [0.15, 0.2) is 0 Å². The minimum Gasteiger partial charge on any atom is -0.405 e. The molecule has 0 saturated heterocycles. The van der Waals surface area contributed by atoms with Crippen molar-refractivity contribution in [1.82, 2.24) is 0 Å². The van der Waals surface area contributed by atoms with E-state index in [1.807, 2.05) is 60.7 Å². The standard InChI is InChI=1S/C31H35F3O/c1-3-4-10-25-13-8-9-14-28(25)22(2)27-19-20-29(30(21-27)35-31(32,33)34)26-17-15-24(16-18-26)23-11-6-5-7-12-23/h5-7,11-12,15-22,25,28H,3-4,8-10,13-14H2,1-2H3. The van der Waals surface area contributed by atoms with Gasteiger partial charge < -0.3 is 4.74 Å². The van der Waals surface area contributed by atoms with Crippen LogP contribution in [0.3, 0.4) is 0 Å². The molecule has 1 fully saturated rings. The Morgan fingerprint density at radius 1 is 0.857 bits per heavy atom. The van der Waals surface area contributed by atoms with Gasteiger partial charge in [-0.15, -0.1) is 13.2 Å². The summed E-state index contributed by atoms with van der Waals surface area (Å²) in [6, 6.07) is 23.0. The van der Waals surface area contributed by atoms with Crippen LogP contribution in [-0.4, -0.2) is 6.36 Å². The fraction of sp³-hybridized carbons (Fsp3) is 0.419. The van der Waals surface area contributed by atoms with Crippen LogP contribution in [0, 0.1) is 11.8 Å². The second-order valence-electron chi connectivity index (χ2n) is 9.89. The summed E-state index contributed by atoms with van der Waals surface area (Å²) in [5.74, 6) is 1.23. The van der Waals surface area contributed by atoms with Gasteiger partial charge in [-0.3, -0.25) is 0 Å². The smallest absolute Gasteiger partial charge is 0.405 e. The molecule has 0 N–H and O–H groups in total. The van der Waals surface area contributed by atoms with Gasteiger partial charge in [-0.05, 0) is 52.5 Å². The zero-order chi connectivity index (χ0) is 24.8. The molecule has 1 aliphatic carbocycles. The maximum Gasteiger partial charge on any atom is 0.573 e. The summed E-state index contributed by atoms with van der Waals surface area (Å²) in [7, 11) is 0. The van der Waals surface area contributed by atoms with Crippen LogP contribution in [0.25, 0.3) is 22.3 Å². The highest BCUT2D eigenvalue weighted by atomic mass is 19.4. The highest BCUT2D eigenvalue weighted by molar-refractivity contribution is 5.74. The summed E-state index contributed by atoms with van der Waals surface area (Å²) in [5.41, 5.74) is 4.20. The van der Waals surface area contributed by atoms with Crippen LogP contribution in [-0.2, 0) is 0 Å². The van der Waals surface area contributed by atoms with E-state index in [9.17, 15) is 13.2 Å². The second kappa shape index (κ2) is 11.3. The monoisotopic (exact) mass is 480 g/mol. The molecule has 186 valence electrons. The molecule has 3 unspecified atom stereocenters. The molecular formula is C31H35F3O. The van der Waals surface area contributed by atoms with Crippen molar-refractivity contribution in [2.24, 2.45) is 11.8 Å². The first kappa shape index (κ1) is 25.3. The van der Waals surface area contributed by atoms with E-state index in [-0.39, 0.29) is 11.7 Å². The van der Waals surface area contributed by atoms with Crippen molar-refractivity contribution in [3.63, 3.8) is 0 Å². The van der Waals surface area contributed by atoms with Crippen LogP contribution in [0.15, 0.2) is 72.8 Å². The van der Waals surface area contributed by atoms with Gasteiger partial charge in [-0.25, -0.2) is 0 Å². The van der Waals surface area contributed by atoms with E-state index in [0.717, 1.165) is 23.1 Å². The predicted octanol–water partition coefficient (Wildman–Crippen LogP) is 10.0. The zero-order valence-corrected chi connectivity index (χ0v) is 20.7. The summed E-state index contributed by atoms with van der Waals surface area (Å²) in [6.45, 7) is 4.39. The van der Waals surface area contributed by atoms with E-state index in [4.69, 9.17) is 0 Å². The lowest BCUT2D eigenvalue weighted by atomic mass is 9.69. The Morgan fingerprint density at radius 3 is 2.20 bits per heavy atom. The van der Waals surface area contributed by atoms with Crippen LogP contribution >= 0.6 is 0 Å². The summed E-state index contributed by atoms with van der Waals surface area (Å²) in [5, 5.41) is 0. The lowest BCUT2D eigenvalue weighted by molar-refractivity contribution is -0.274. The Bertz CT molecular complexity index is 1070. The van der Waals surface area contributed by atoms with Gasteiger partial charge in [-0.2, -0.15) is 0 Å². The average molecular weight is 481 g/mol. The molecule has 3 aromatic rings. The Labute approximate surface area is 207 Å². The fourth-order valence-corrected chi connectivity index (χ4v) is 5.71. The van der Waals surface area contributed by atoms with Crippen molar-refractivity contribution in [3.05, 3.63) is 78.4 Å². The Hall–Kier alpha value is -2.75. The number of rotatable bonds is 8. The molecule has 1 nitrogen and oxygen atoms in total. The second-order valence-corrected chi connectivity index (χ2v) is 9.89. The SMILES string of the molecule is CCCCC1CCCCC1C(C)c1ccc(-c2ccc(-c3ccccc3)cc2)c(OC(F)(F)F)c1. The van der Waals surface area contributed by atoms with E-state index in [2.05, 4.69) is 18.6 Å². The number of benzene rings is 3. The third-order valence-electron chi connectivity index (χ3n) is 7.60. The maximum absolute atomic E-state index is 13.4. The van der Waals surface area contributed by atoms with Gasteiger partial charge in [0.05, 0.1) is 0 Å². The molecule has 3 atom stereocenters. The van der Waals surface area contributed by atoms with Crippen LogP contribution in [0.1, 0.15) is 70.3 Å². The van der Waals surface area contributed by atoms with Crippen molar-refractivity contribution in [2.75, 3.05) is 0 Å². The Kier molecular flexibility index (Phi) is 8.20. The van der Waals surface area contributed by atoms with Crippen molar-refractivity contribution in [2.45, 2.75) is 71.1 Å². The van der Waals surface area contributed by atoms with Crippen molar-refractivity contribution < 1.29 is 17.9 Å². The molecule has 4 rings (SSSR count). The molecule has 35 heavy (non-hydrogen) atoms. The third kappa shape index (κ3) is 6.48. The summed E-state index contributed by atoms with van der Waals surface area (Å²) in [6.07, 6.45) is 3.71. The quantitative estimate of drug-likeness (QED) is 0.312. The minimum atomic E-state index is -4.74. The zero-order valence-electron chi connectivity index (χ0n) is 20.7. The number of hydrogen-bond acceptors (Lipinski definition) is 1. The third-order valence-corrected chi connectivity index (χ3v) is 7.60. The number of ether oxygens (including phenoxy) is 1. The summed E-state index contributed by atoms with van der Waals surface area (Å²) >= 11 is 0. The van der Waals surface area contributed by atoms with Crippen molar-refractivity contribution >= 4 is 0 Å². The number of halogens is 3. The predicted molar refractivity (Wildman–Crippen MR) is 137 cm³/mol. The van der Waals surface area contributed by atoms with E-state index >= 15 is 0 Å². The van der Waals surface area contributed by atoms with Crippen molar-refractivity contribution in [1.29, 1.82) is 0 Å². The molecule has 0 amide bonds. The molecule has 4 heteroatoms. The molecule has 0 heterocycles. The van der Waals surface area contributed by atoms with Gasteiger partial charge >= 0.3 is 6.36 Å². The minimum absolute atomic E-state index is 0.116. The molecule has 0 bridgehead atoms. The summed E-state index contributed by atoms with van der Waals surface area (Å²) in [4.78, 5) is 0. The first-order valence-electron chi connectivity index (χ1n) is 12.9. The highest BCUT2D eigenvalue weighted by Crippen LogP contribution is 2.44. The topological polar surface area (TPSA) is 9.23 Å². The van der Waals surface area contributed by atoms with Gasteiger partial charge in [0.25, 0.3) is 0 Å². The maximum atomic E-state index is 13.4. The lowest BCUT2D eigenvalue weighted by Gasteiger charge is -2.36. The Morgan fingerprint density at radius 2 is 1.51 bits per heavy atom. The van der Waals surface area contributed by atoms with E-state index in [0.29, 0.717) is 23.0 Å². The molecule has 0 spiro atoms. The average Bonchev–Trinajstić information content (AvgIpc) is 2.87.